The minimum atomic E-state index is -0.880. The van der Waals surface area contributed by atoms with Gasteiger partial charge in [-0.2, -0.15) is 0 Å². The molecule has 0 spiro atoms. The van der Waals surface area contributed by atoms with E-state index in [0.29, 0.717) is 0 Å². The maximum atomic E-state index is 14.0. The molecule has 3 aromatic carbocycles. The molecule has 1 saturated heterocycles. The molecule has 1 heterocycles. The van der Waals surface area contributed by atoms with Crippen molar-refractivity contribution in [2.45, 2.75) is 10.2 Å². The van der Waals surface area contributed by atoms with E-state index in [1.165, 1.54) is 25.3 Å². The van der Waals surface area contributed by atoms with Crippen molar-refractivity contribution in [3.63, 3.8) is 0 Å². The lowest BCUT2D eigenvalue weighted by Crippen LogP contribution is -2.50. The number of benzene rings is 3. The molecule has 0 N–H and O–H groups in total. The molecule has 4 aliphatic rings. The molecule has 1 fully saturated rings. The standard InChI is InChI=1S/C25H17BrN2O5/c1-33-19-11-10-13(28(31)32)12-18(19)27-23(29)21-20-14-6-2-4-8-16(14)25(26,22(21)24(27)30)17-9-5-3-7-15(17)20/h2-12,20-22H,1H3/t20?,21-,22-,25?/m1/s1. The molecule has 2 bridgehead atoms. The maximum Gasteiger partial charge on any atom is 0.271 e. The number of amides is 2. The Morgan fingerprint density at radius 1 is 0.970 bits per heavy atom. The van der Waals surface area contributed by atoms with Gasteiger partial charge in [-0.1, -0.05) is 64.5 Å². The molecule has 2 amide bonds. The van der Waals surface area contributed by atoms with Crippen LogP contribution in [0, 0.1) is 22.0 Å². The highest BCUT2D eigenvalue weighted by molar-refractivity contribution is 9.09. The lowest BCUT2D eigenvalue weighted by molar-refractivity contribution is -0.384. The van der Waals surface area contributed by atoms with Crippen molar-refractivity contribution in [2.75, 3.05) is 12.0 Å². The number of imide groups is 1. The quantitative estimate of drug-likeness (QED) is 0.226. The van der Waals surface area contributed by atoms with Gasteiger partial charge in [-0.05, 0) is 28.3 Å². The second-order valence-corrected chi connectivity index (χ2v) is 9.74. The molecule has 3 aromatic rings. The number of methoxy groups -OCH3 is 1. The van der Waals surface area contributed by atoms with E-state index in [4.69, 9.17) is 4.74 Å². The number of hydrogen-bond donors (Lipinski definition) is 0. The molecule has 1 aliphatic heterocycles. The van der Waals surface area contributed by atoms with Gasteiger partial charge in [0.15, 0.2) is 0 Å². The summed E-state index contributed by atoms with van der Waals surface area (Å²) in [4.78, 5) is 39.8. The Morgan fingerprint density at radius 3 is 2.15 bits per heavy atom. The fraction of sp³-hybridized carbons (Fsp3) is 0.200. The Labute approximate surface area is 197 Å². The van der Waals surface area contributed by atoms with Crippen LogP contribution in [0.4, 0.5) is 11.4 Å². The van der Waals surface area contributed by atoms with E-state index >= 15 is 0 Å². The molecule has 33 heavy (non-hydrogen) atoms. The van der Waals surface area contributed by atoms with E-state index in [-0.39, 0.29) is 28.9 Å². The van der Waals surface area contributed by atoms with Crippen molar-refractivity contribution in [1.29, 1.82) is 0 Å². The lowest BCUT2D eigenvalue weighted by atomic mass is 9.55. The number of rotatable bonds is 3. The van der Waals surface area contributed by atoms with Crippen LogP contribution in [0.2, 0.25) is 0 Å². The van der Waals surface area contributed by atoms with Crippen molar-refractivity contribution >= 4 is 39.1 Å². The Kier molecular flexibility index (Phi) is 4.11. The van der Waals surface area contributed by atoms with Crippen molar-refractivity contribution in [1.82, 2.24) is 0 Å². The smallest absolute Gasteiger partial charge is 0.271 e. The van der Waals surface area contributed by atoms with Gasteiger partial charge in [0, 0.05) is 18.1 Å². The van der Waals surface area contributed by atoms with Crippen LogP contribution in [0.5, 0.6) is 5.75 Å². The van der Waals surface area contributed by atoms with Crippen molar-refractivity contribution in [3.8, 4) is 5.75 Å². The summed E-state index contributed by atoms with van der Waals surface area (Å²) in [5, 5.41) is 11.4. The van der Waals surface area contributed by atoms with E-state index in [2.05, 4.69) is 15.9 Å². The first kappa shape index (κ1) is 20.1. The van der Waals surface area contributed by atoms with Crippen LogP contribution in [-0.2, 0) is 13.9 Å². The third-order valence-electron chi connectivity index (χ3n) is 7.13. The maximum absolute atomic E-state index is 14.0. The summed E-state index contributed by atoms with van der Waals surface area (Å²) in [6.45, 7) is 0. The summed E-state index contributed by atoms with van der Waals surface area (Å²) < 4.78 is 4.50. The zero-order valence-electron chi connectivity index (χ0n) is 17.4. The number of nitro groups is 1. The van der Waals surface area contributed by atoms with Gasteiger partial charge in [0.25, 0.3) is 5.69 Å². The van der Waals surface area contributed by atoms with Gasteiger partial charge in [0.2, 0.25) is 11.8 Å². The summed E-state index contributed by atoms with van der Waals surface area (Å²) in [6, 6.07) is 19.7. The number of anilines is 1. The number of carbonyl (C=O) groups is 2. The van der Waals surface area contributed by atoms with Crippen molar-refractivity contribution < 1.29 is 19.2 Å². The predicted octanol–water partition coefficient (Wildman–Crippen LogP) is 4.51. The second kappa shape index (κ2) is 6.74. The number of alkyl halides is 1. The van der Waals surface area contributed by atoms with Crippen molar-refractivity contribution in [2.24, 2.45) is 11.8 Å². The van der Waals surface area contributed by atoms with E-state index in [9.17, 15) is 19.7 Å². The molecule has 7 rings (SSSR count). The summed E-state index contributed by atoms with van der Waals surface area (Å²) in [5.74, 6) is -2.15. The van der Waals surface area contributed by atoms with Crippen LogP contribution in [0.1, 0.15) is 28.2 Å². The van der Waals surface area contributed by atoms with Gasteiger partial charge in [0.05, 0.1) is 28.2 Å². The first-order valence-electron chi connectivity index (χ1n) is 10.5. The Morgan fingerprint density at radius 2 is 1.58 bits per heavy atom. The topological polar surface area (TPSA) is 89.8 Å². The van der Waals surface area contributed by atoms with Crippen LogP contribution >= 0.6 is 15.9 Å². The number of carbonyl (C=O) groups excluding carboxylic acids is 2. The summed E-state index contributed by atoms with van der Waals surface area (Å²) in [5.41, 5.74) is 3.86. The molecule has 0 aromatic heterocycles. The summed E-state index contributed by atoms with van der Waals surface area (Å²) >= 11 is 3.94. The molecule has 7 nitrogen and oxygen atoms in total. The number of ether oxygens (including phenoxy) is 1. The molecule has 2 atom stereocenters. The van der Waals surface area contributed by atoms with Gasteiger partial charge in [-0.3, -0.25) is 19.7 Å². The SMILES string of the molecule is COc1ccc([N+](=O)[O-])cc1N1C(=O)[C@@H]2C3c4ccccc4C(Br)(c4ccccc43)[C@H]2C1=O. The highest BCUT2D eigenvalue weighted by Gasteiger charge is 2.67. The Hall–Kier alpha value is -3.52. The molecule has 164 valence electrons. The average molecular weight is 505 g/mol. The van der Waals surface area contributed by atoms with Crippen LogP contribution in [0.3, 0.4) is 0 Å². The number of non-ortho nitro benzene ring substituents is 1. The lowest BCUT2D eigenvalue weighted by Gasteiger charge is -2.51. The Balaban J connectivity index is 1.59. The normalized spacial score (nSPS) is 26.6. The zero-order valence-corrected chi connectivity index (χ0v) is 19.0. The van der Waals surface area contributed by atoms with Gasteiger partial charge >= 0.3 is 0 Å². The van der Waals surface area contributed by atoms with Crippen molar-refractivity contribution in [3.05, 3.63) is 99.1 Å². The first-order chi connectivity index (χ1) is 15.9. The van der Waals surface area contributed by atoms with Gasteiger partial charge in [-0.25, -0.2) is 4.90 Å². The molecule has 0 unspecified atom stereocenters. The van der Waals surface area contributed by atoms with Crippen LogP contribution in [-0.4, -0.2) is 23.8 Å². The third kappa shape index (κ3) is 2.39. The number of nitrogens with zero attached hydrogens (tertiary/aromatic N) is 2. The largest absolute Gasteiger partial charge is 0.495 e. The van der Waals surface area contributed by atoms with Crippen LogP contribution < -0.4 is 9.64 Å². The first-order valence-corrected chi connectivity index (χ1v) is 11.3. The van der Waals surface area contributed by atoms with Gasteiger partial charge in [-0.15, -0.1) is 0 Å². The molecule has 0 saturated carbocycles. The number of hydrogen-bond acceptors (Lipinski definition) is 5. The van der Waals surface area contributed by atoms with E-state index < -0.39 is 27.0 Å². The average Bonchev–Trinajstić information content (AvgIpc) is 3.10. The minimum Gasteiger partial charge on any atom is -0.495 e. The molecule has 3 aliphatic carbocycles. The number of nitro benzene ring substituents is 1. The monoisotopic (exact) mass is 504 g/mol. The van der Waals surface area contributed by atoms with E-state index in [0.717, 1.165) is 27.2 Å². The van der Waals surface area contributed by atoms with Crippen LogP contribution in [0.15, 0.2) is 66.7 Å². The third-order valence-corrected chi connectivity index (χ3v) is 8.48. The highest BCUT2D eigenvalue weighted by atomic mass is 79.9. The Bertz CT molecular complexity index is 1340. The van der Waals surface area contributed by atoms with E-state index in [1.807, 2.05) is 48.5 Å². The summed E-state index contributed by atoms with van der Waals surface area (Å²) in [7, 11) is 1.41. The summed E-state index contributed by atoms with van der Waals surface area (Å²) in [6.07, 6.45) is 0. The molecule has 0 radical (unpaired) electrons. The van der Waals surface area contributed by atoms with Gasteiger partial charge < -0.3 is 4.74 Å². The fourth-order valence-electron chi connectivity index (χ4n) is 5.88. The zero-order chi connectivity index (χ0) is 23.1. The molecule has 8 heteroatoms. The highest BCUT2D eigenvalue weighted by Crippen LogP contribution is 2.66. The molecular formula is C25H17BrN2O5. The second-order valence-electron chi connectivity index (χ2n) is 8.49. The fourth-order valence-corrected chi connectivity index (χ4v) is 7.09. The van der Waals surface area contributed by atoms with Crippen LogP contribution in [0.25, 0.3) is 0 Å². The van der Waals surface area contributed by atoms with Gasteiger partial charge in [0.1, 0.15) is 11.4 Å². The number of halogens is 1. The molecular weight excluding hydrogens is 488 g/mol. The predicted molar refractivity (Wildman–Crippen MR) is 124 cm³/mol. The minimum absolute atomic E-state index is 0.0970. The van der Waals surface area contributed by atoms with E-state index in [1.54, 1.807) is 0 Å².